The van der Waals surface area contributed by atoms with Crippen LogP contribution in [0.3, 0.4) is 0 Å². The van der Waals surface area contributed by atoms with Crippen molar-refractivity contribution in [1.29, 1.82) is 0 Å². The van der Waals surface area contributed by atoms with Crippen LogP contribution in [0.15, 0.2) is 24.0 Å². The zero-order valence-corrected chi connectivity index (χ0v) is 28.7. The fraction of sp³-hybridized carbons (Fsp3) is 0.677. The molecule has 4 atom stereocenters. The summed E-state index contributed by atoms with van der Waals surface area (Å²) in [4.78, 5) is 75.8. The van der Waals surface area contributed by atoms with Crippen molar-refractivity contribution in [2.24, 2.45) is 17.8 Å². The Bertz CT molecular complexity index is 1160. The highest BCUT2D eigenvalue weighted by Crippen LogP contribution is 2.14. The van der Waals surface area contributed by atoms with Crippen molar-refractivity contribution >= 4 is 35.5 Å². The molecule has 1 heterocycles. The van der Waals surface area contributed by atoms with Crippen LogP contribution in [0, 0.1) is 17.8 Å². The number of carbonyl (C=O) groups is 6. The molecule has 0 unspecified atom stereocenters. The maximum absolute atomic E-state index is 13.4. The van der Waals surface area contributed by atoms with Crippen LogP contribution in [0.5, 0.6) is 0 Å². The number of carbonyl (C=O) groups excluding carboxylic acids is 5. The van der Waals surface area contributed by atoms with E-state index in [9.17, 15) is 37.1 Å². The van der Waals surface area contributed by atoms with E-state index >= 15 is 0 Å². The quantitative estimate of drug-likeness (QED) is 0.190. The van der Waals surface area contributed by atoms with Gasteiger partial charge in [-0.05, 0) is 51.6 Å². The van der Waals surface area contributed by atoms with Crippen LogP contribution in [-0.2, 0) is 33.5 Å². The van der Waals surface area contributed by atoms with Crippen LogP contribution in [-0.4, -0.2) is 109 Å². The highest BCUT2D eigenvalue weighted by atomic mass is 19.4. The lowest BCUT2D eigenvalue weighted by Crippen LogP contribution is -2.57. The minimum atomic E-state index is -5.08. The van der Waals surface area contributed by atoms with E-state index in [2.05, 4.69) is 16.0 Å². The zero-order chi connectivity index (χ0) is 36.8. The Morgan fingerprint density at radius 1 is 0.915 bits per heavy atom. The van der Waals surface area contributed by atoms with E-state index in [1.54, 1.807) is 6.92 Å². The van der Waals surface area contributed by atoms with Crippen molar-refractivity contribution in [2.75, 3.05) is 27.7 Å². The molecule has 1 rings (SSSR count). The molecule has 0 aliphatic carbocycles. The molecular formula is C31H50F3N5O8. The molecule has 0 bridgehead atoms. The Morgan fingerprint density at radius 3 is 1.72 bits per heavy atom. The molecule has 268 valence electrons. The number of nitrogens with zero attached hydrogens (tertiary/aromatic N) is 2. The average Bonchev–Trinajstić information content (AvgIpc) is 3.30. The number of aliphatic carboxylic acids is 1. The Morgan fingerprint density at radius 2 is 1.36 bits per heavy atom. The van der Waals surface area contributed by atoms with Gasteiger partial charge in [0.25, 0.3) is 11.8 Å². The number of hydrogen-bond donors (Lipinski definition) is 4. The molecule has 0 aromatic carbocycles. The summed E-state index contributed by atoms with van der Waals surface area (Å²) in [6.07, 6.45) is -0.303. The number of imide groups is 1. The van der Waals surface area contributed by atoms with Crippen molar-refractivity contribution in [3.05, 3.63) is 24.0 Å². The summed E-state index contributed by atoms with van der Waals surface area (Å²) >= 11 is 0. The van der Waals surface area contributed by atoms with Gasteiger partial charge in [-0.3, -0.25) is 33.8 Å². The van der Waals surface area contributed by atoms with Gasteiger partial charge in [-0.25, -0.2) is 4.79 Å². The Balaban J connectivity index is 0.00000270. The molecule has 0 aromatic heterocycles. The highest BCUT2D eigenvalue weighted by Gasteiger charge is 2.38. The SMILES string of the molecule is COC1=CC(=O)N(C(=O)/C=C/[C@H](C)NC(=O)[C@H](CC(C)C)NC(=O)[C@H](CC(C)C)NC(=O)[C@H](C(C)C)N(C)C)C1.O=C(O)C(F)(F)F. The van der Waals surface area contributed by atoms with Crippen molar-refractivity contribution < 1.29 is 51.8 Å². The standard InChI is InChI=1S/C29H49N5O6.C2HF3O2/c1-17(2)13-22(27(37)30-20(7)11-12-24(35)34-16-21(40-10)15-25(34)36)31-28(38)23(14-18(3)4)32-29(39)26(19(5)6)33(8)9;3-2(4,5)1(6)7/h11-12,15,17-20,22-23,26H,13-14,16H2,1-10H3,(H,30,37)(H,31,38)(H,32,39);(H,6,7)/b12-11+;/t20-,22-,23-,26-;/m0./s1. The summed E-state index contributed by atoms with van der Waals surface area (Å²) in [6, 6.07) is -2.59. The number of rotatable bonds is 15. The molecular weight excluding hydrogens is 627 g/mol. The van der Waals surface area contributed by atoms with Crippen LogP contribution in [0.4, 0.5) is 13.2 Å². The fourth-order valence-electron chi connectivity index (χ4n) is 4.56. The summed E-state index contributed by atoms with van der Waals surface area (Å²) in [6.45, 7) is 13.5. The van der Waals surface area contributed by atoms with Crippen LogP contribution in [0.2, 0.25) is 0 Å². The van der Waals surface area contributed by atoms with Gasteiger partial charge >= 0.3 is 12.1 Å². The van der Waals surface area contributed by atoms with Crippen LogP contribution >= 0.6 is 0 Å². The van der Waals surface area contributed by atoms with E-state index < -0.39 is 59.9 Å². The number of carboxylic acid groups (broad SMARTS) is 1. The van der Waals surface area contributed by atoms with Gasteiger partial charge in [0.05, 0.1) is 19.7 Å². The van der Waals surface area contributed by atoms with Gasteiger partial charge in [-0.15, -0.1) is 0 Å². The van der Waals surface area contributed by atoms with Gasteiger partial charge in [0.1, 0.15) is 17.8 Å². The molecule has 47 heavy (non-hydrogen) atoms. The first kappa shape index (κ1) is 43.0. The lowest BCUT2D eigenvalue weighted by atomic mass is 9.98. The summed E-state index contributed by atoms with van der Waals surface area (Å²) < 4.78 is 36.8. The van der Waals surface area contributed by atoms with Gasteiger partial charge in [0, 0.05) is 18.2 Å². The van der Waals surface area contributed by atoms with E-state index in [-0.39, 0.29) is 30.2 Å². The van der Waals surface area contributed by atoms with Gasteiger partial charge in [-0.1, -0.05) is 47.6 Å². The van der Waals surface area contributed by atoms with E-state index in [1.165, 1.54) is 25.3 Å². The number of methoxy groups -OCH3 is 1. The smallest absolute Gasteiger partial charge is 0.490 e. The van der Waals surface area contributed by atoms with Crippen LogP contribution in [0.1, 0.15) is 61.3 Å². The number of ether oxygens (including phenoxy) is 1. The number of amides is 5. The number of halogens is 3. The maximum Gasteiger partial charge on any atom is 0.490 e. The molecule has 0 radical (unpaired) electrons. The topological polar surface area (TPSA) is 174 Å². The van der Waals surface area contributed by atoms with Gasteiger partial charge < -0.3 is 25.8 Å². The maximum atomic E-state index is 13.4. The normalized spacial score (nSPS) is 16.0. The Hall–Kier alpha value is -3.95. The lowest BCUT2D eigenvalue weighted by Gasteiger charge is -2.30. The van der Waals surface area contributed by atoms with E-state index in [0.29, 0.717) is 18.6 Å². The number of carboxylic acids is 1. The van der Waals surface area contributed by atoms with Crippen LogP contribution in [0.25, 0.3) is 0 Å². The van der Waals surface area contributed by atoms with Gasteiger partial charge in [0.15, 0.2) is 0 Å². The third-order valence-electron chi connectivity index (χ3n) is 6.67. The molecule has 5 amide bonds. The molecule has 1 aliphatic rings. The van der Waals surface area contributed by atoms with E-state index in [1.807, 2.05) is 60.5 Å². The fourth-order valence-corrected chi connectivity index (χ4v) is 4.56. The monoisotopic (exact) mass is 677 g/mol. The third-order valence-corrected chi connectivity index (χ3v) is 6.67. The van der Waals surface area contributed by atoms with E-state index in [4.69, 9.17) is 14.6 Å². The molecule has 13 nitrogen and oxygen atoms in total. The predicted molar refractivity (Wildman–Crippen MR) is 167 cm³/mol. The van der Waals surface area contributed by atoms with Crippen molar-refractivity contribution in [3.63, 3.8) is 0 Å². The Labute approximate surface area is 274 Å². The number of alkyl halides is 3. The van der Waals surface area contributed by atoms with Crippen molar-refractivity contribution in [2.45, 2.75) is 91.7 Å². The van der Waals surface area contributed by atoms with Gasteiger partial charge in [-0.2, -0.15) is 13.2 Å². The molecule has 16 heteroatoms. The first-order chi connectivity index (χ1) is 21.5. The number of nitrogens with one attached hydrogen (secondary N) is 3. The number of likely N-dealkylation sites (N-methyl/N-ethyl adjacent to an activating group) is 1. The zero-order valence-electron chi connectivity index (χ0n) is 28.7. The highest BCUT2D eigenvalue weighted by molar-refractivity contribution is 6.07. The summed E-state index contributed by atoms with van der Waals surface area (Å²) in [7, 11) is 5.08. The second-order valence-corrected chi connectivity index (χ2v) is 12.6. The predicted octanol–water partition coefficient (Wildman–Crippen LogP) is 2.23. The van der Waals surface area contributed by atoms with Crippen molar-refractivity contribution in [3.8, 4) is 0 Å². The number of hydrogen-bond acceptors (Lipinski definition) is 8. The minimum absolute atomic E-state index is 0.0422. The lowest BCUT2D eigenvalue weighted by molar-refractivity contribution is -0.192. The van der Waals surface area contributed by atoms with Crippen molar-refractivity contribution in [1.82, 2.24) is 25.8 Å². The summed E-state index contributed by atoms with van der Waals surface area (Å²) in [5.41, 5.74) is 0. The van der Waals surface area contributed by atoms with Gasteiger partial charge in [0.2, 0.25) is 17.7 Å². The molecule has 0 fully saturated rings. The molecule has 4 N–H and O–H groups in total. The molecule has 0 saturated heterocycles. The molecule has 1 aliphatic heterocycles. The molecule has 0 saturated carbocycles. The minimum Gasteiger partial charge on any atom is -0.499 e. The summed E-state index contributed by atoms with van der Waals surface area (Å²) in [5.74, 6) is -4.13. The first-order valence-electron chi connectivity index (χ1n) is 15.2. The second kappa shape index (κ2) is 19.7. The van der Waals surface area contributed by atoms with Crippen LogP contribution < -0.4 is 16.0 Å². The average molecular weight is 678 g/mol. The Kier molecular flexibility index (Phi) is 18.0. The summed E-state index contributed by atoms with van der Waals surface area (Å²) in [5, 5.41) is 15.7. The van der Waals surface area contributed by atoms with E-state index in [0.717, 1.165) is 4.90 Å². The largest absolute Gasteiger partial charge is 0.499 e. The first-order valence-corrected chi connectivity index (χ1v) is 15.2. The second-order valence-electron chi connectivity index (χ2n) is 12.6. The molecule has 0 aromatic rings. The third kappa shape index (κ3) is 15.9. The molecule has 0 spiro atoms.